The van der Waals surface area contributed by atoms with Crippen LogP contribution in [-0.2, 0) is 0 Å². The van der Waals surface area contributed by atoms with E-state index in [1.54, 1.807) is 0 Å². The van der Waals surface area contributed by atoms with Gasteiger partial charge in [0.25, 0.3) is 0 Å². The van der Waals surface area contributed by atoms with Crippen LogP contribution in [0.1, 0.15) is 13.8 Å². The average Bonchev–Trinajstić information content (AvgIpc) is 2.27. The maximum Gasteiger partial charge on any atom is 0.0376 e. The second-order valence-corrected chi connectivity index (χ2v) is 6.20. The lowest BCUT2D eigenvalue weighted by Gasteiger charge is -2.45. The van der Waals surface area contributed by atoms with Gasteiger partial charge in [-0.2, -0.15) is 0 Å². The van der Waals surface area contributed by atoms with Crippen molar-refractivity contribution in [3.8, 4) is 0 Å². The van der Waals surface area contributed by atoms with Crippen molar-refractivity contribution >= 4 is 5.69 Å². The molecular weight excluding hydrogens is 222 g/mol. The van der Waals surface area contributed by atoms with E-state index in [1.165, 1.54) is 5.69 Å². The van der Waals surface area contributed by atoms with Gasteiger partial charge in [-0.05, 0) is 40.1 Å². The number of anilines is 1. The fraction of sp³-hybridized carbons (Fsp3) is 0.600. The third kappa shape index (κ3) is 3.47. The molecule has 1 N–H and O–H groups in total. The van der Waals surface area contributed by atoms with Gasteiger partial charge in [0, 0.05) is 36.9 Å². The van der Waals surface area contributed by atoms with Crippen LogP contribution in [0.3, 0.4) is 0 Å². The Labute approximate surface area is 111 Å². The van der Waals surface area contributed by atoms with E-state index in [1.807, 2.05) is 0 Å². The molecule has 1 saturated heterocycles. The second kappa shape index (κ2) is 5.29. The van der Waals surface area contributed by atoms with Gasteiger partial charge in [-0.25, -0.2) is 0 Å². The van der Waals surface area contributed by atoms with Crippen molar-refractivity contribution in [2.24, 2.45) is 0 Å². The van der Waals surface area contributed by atoms with Crippen LogP contribution in [0, 0.1) is 0 Å². The van der Waals surface area contributed by atoms with Gasteiger partial charge in [-0.1, -0.05) is 18.2 Å². The zero-order valence-electron chi connectivity index (χ0n) is 12.0. The third-order valence-corrected chi connectivity index (χ3v) is 3.33. The Morgan fingerprint density at radius 3 is 2.56 bits per heavy atom. The first-order chi connectivity index (χ1) is 8.46. The standard InChI is InChI=1S/C15H25N3/c1-15(2)12-18(14-8-6-5-7-9-14)11-13(16-15)10-17(3)4/h5-9,13,16H,10-12H2,1-4H3. The minimum atomic E-state index is 0.161. The molecule has 0 bridgehead atoms. The molecule has 0 aromatic heterocycles. The number of nitrogens with zero attached hydrogens (tertiary/aromatic N) is 2. The summed E-state index contributed by atoms with van der Waals surface area (Å²) in [5.41, 5.74) is 1.49. The van der Waals surface area contributed by atoms with Gasteiger partial charge in [0.2, 0.25) is 0 Å². The minimum Gasteiger partial charge on any atom is -0.368 e. The number of para-hydroxylation sites is 1. The molecule has 3 heteroatoms. The van der Waals surface area contributed by atoms with E-state index in [9.17, 15) is 0 Å². The molecule has 1 aromatic rings. The second-order valence-electron chi connectivity index (χ2n) is 6.20. The first-order valence-corrected chi connectivity index (χ1v) is 6.69. The topological polar surface area (TPSA) is 18.5 Å². The average molecular weight is 247 g/mol. The van der Waals surface area contributed by atoms with Crippen LogP contribution in [-0.4, -0.2) is 50.2 Å². The van der Waals surface area contributed by atoms with Gasteiger partial charge < -0.3 is 15.1 Å². The summed E-state index contributed by atoms with van der Waals surface area (Å²) in [6.07, 6.45) is 0. The largest absolute Gasteiger partial charge is 0.368 e. The van der Waals surface area contributed by atoms with E-state index in [2.05, 4.69) is 73.4 Å². The monoisotopic (exact) mass is 247 g/mol. The summed E-state index contributed by atoms with van der Waals surface area (Å²) in [5, 5.41) is 3.74. The number of likely N-dealkylation sites (N-methyl/N-ethyl adjacent to an activating group) is 1. The zero-order chi connectivity index (χ0) is 13.2. The van der Waals surface area contributed by atoms with Crippen LogP contribution in [0.15, 0.2) is 30.3 Å². The number of hydrogen-bond donors (Lipinski definition) is 1. The SMILES string of the molecule is CN(C)CC1CN(c2ccccc2)CC(C)(C)N1. The minimum absolute atomic E-state index is 0.161. The lowest BCUT2D eigenvalue weighted by molar-refractivity contribution is 0.244. The molecule has 1 atom stereocenters. The summed E-state index contributed by atoms with van der Waals surface area (Å²) in [5.74, 6) is 0. The Hall–Kier alpha value is -1.06. The van der Waals surface area contributed by atoms with Crippen molar-refractivity contribution < 1.29 is 0 Å². The van der Waals surface area contributed by atoms with Crippen molar-refractivity contribution in [2.75, 3.05) is 38.6 Å². The van der Waals surface area contributed by atoms with Gasteiger partial charge in [0.15, 0.2) is 0 Å². The van der Waals surface area contributed by atoms with E-state index < -0.39 is 0 Å². The molecule has 18 heavy (non-hydrogen) atoms. The maximum atomic E-state index is 3.74. The van der Waals surface area contributed by atoms with E-state index in [-0.39, 0.29) is 5.54 Å². The number of rotatable bonds is 3. The molecule has 0 spiro atoms. The highest BCUT2D eigenvalue weighted by atomic mass is 15.3. The highest BCUT2D eigenvalue weighted by molar-refractivity contribution is 5.47. The summed E-state index contributed by atoms with van der Waals surface area (Å²) in [6, 6.07) is 11.2. The lowest BCUT2D eigenvalue weighted by atomic mass is 9.97. The molecule has 1 fully saturated rings. The van der Waals surface area contributed by atoms with Crippen LogP contribution in [0.4, 0.5) is 5.69 Å². The Morgan fingerprint density at radius 1 is 1.28 bits per heavy atom. The van der Waals surface area contributed by atoms with E-state index in [4.69, 9.17) is 0 Å². The van der Waals surface area contributed by atoms with Gasteiger partial charge >= 0.3 is 0 Å². The Morgan fingerprint density at radius 2 is 1.94 bits per heavy atom. The Balaban J connectivity index is 2.12. The van der Waals surface area contributed by atoms with Gasteiger partial charge in [0.05, 0.1) is 0 Å². The van der Waals surface area contributed by atoms with Crippen molar-refractivity contribution in [1.82, 2.24) is 10.2 Å². The molecule has 0 aliphatic carbocycles. The Kier molecular flexibility index (Phi) is 3.93. The van der Waals surface area contributed by atoms with Crippen LogP contribution in [0.25, 0.3) is 0 Å². The molecule has 0 saturated carbocycles. The predicted molar refractivity (Wildman–Crippen MR) is 78.2 cm³/mol. The normalized spacial score (nSPS) is 23.4. The van der Waals surface area contributed by atoms with Gasteiger partial charge in [0.1, 0.15) is 0 Å². The number of piperazine rings is 1. The molecule has 0 radical (unpaired) electrons. The summed E-state index contributed by atoms with van der Waals surface area (Å²) in [7, 11) is 4.27. The molecule has 1 heterocycles. The fourth-order valence-electron chi connectivity index (χ4n) is 2.83. The van der Waals surface area contributed by atoms with Crippen LogP contribution in [0.2, 0.25) is 0 Å². The van der Waals surface area contributed by atoms with E-state index >= 15 is 0 Å². The molecule has 1 aromatic carbocycles. The smallest absolute Gasteiger partial charge is 0.0376 e. The number of hydrogen-bond acceptors (Lipinski definition) is 3. The molecule has 1 aliphatic heterocycles. The lowest BCUT2D eigenvalue weighted by Crippen LogP contribution is -2.64. The van der Waals surface area contributed by atoms with Crippen LogP contribution in [0.5, 0.6) is 0 Å². The Bertz CT molecular complexity index is 373. The quantitative estimate of drug-likeness (QED) is 0.879. The van der Waals surface area contributed by atoms with E-state index in [0.717, 1.165) is 19.6 Å². The first kappa shape index (κ1) is 13.4. The zero-order valence-corrected chi connectivity index (χ0v) is 12.0. The highest BCUT2D eigenvalue weighted by Gasteiger charge is 2.31. The van der Waals surface area contributed by atoms with Gasteiger partial charge in [-0.15, -0.1) is 0 Å². The third-order valence-electron chi connectivity index (χ3n) is 3.33. The molecule has 100 valence electrons. The summed E-state index contributed by atoms with van der Waals surface area (Å²) in [4.78, 5) is 4.74. The molecule has 1 unspecified atom stereocenters. The van der Waals surface area contributed by atoms with Crippen molar-refractivity contribution in [2.45, 2.75) is 25.4 Å². The molecule has 1 aliphatic rings. The van der Waals surface area contributed by atoms with Crippen molar-refractivity contribution in [1.29, 1.82) is 0 Å². The predicted octanol–water partition coefficient (Wildman–Crippen LogP) is 1.80. The van der Waals surface area contributed by atoms with Crippen LogP contribution >= 0.6 is 0 Å². The van der Waals surface area contributed by atoms with E-state index in [0.29, 0.717) is 6.04 Å². The first-order valence-electron chi connectivity index (χ1n) is 6.69. The van der Waals surface area contributed by atoms with Crippen molar-refractivity contribution in [3.05, 3.63) is 30.3 Å². The molecule has 0 amide bonds. The molecule has 2 rings (SSSR count). The number of nitrogens with one attached hydrogen (secondary N) is 1. The highest BCUT2D eigenvalue weighted by Crippen LogP contribution is 2.21. The summed E-state index contributed by atoms with van der Waals surface area (Å²) < 4.78 is 0. The summed E-state index contributed by atoms with van der Waals surface area (Å²) in [6.45, 7) is 7.77. The molecular formula is C15H25N3. The van der Waals surface area contributed by atoms with Crippen LogP contribution < -0.4 is 10.2 Å². The number of benzene rings is 1. The summed E-state index contributed by atoms with van der Waals surface area (Å²) >= 11 is 0. The fourth-order valence-corrected chi connectivity index (χ4v) is 2.83. The maximum absolute atomic E-state index is 3.74. The molecule has 3 nitrogen and oxygen atoms in total. The van der Waals surface area contributed by atoms with Gasteiger partial charge in [-0.3, -0.25) is 0 Å². The van der Waals surface area contributed by atoms with Crippen molar-refractivity contribution in [3.63, 3.8) is 0 Å².